The normalized spacial score (nSPS) is 9.44. The van der Waals surface area contributed by atoms with Crippen LogP contribution in [-0.4, -0.2) is 20.3 Å². The van der Waals surface area contributed by atoms with Crippen LogP contribution in [0.1, 0.15) is 11.1 Å². The first kappa shape index (κ1) is 17.9. The molecule has 0 aliphatic carbocycles. The van der Waals surface area contributed by atoms with E-state index in [-0.39, 0.29) is 5.57 Å². The van der Waals surface area contributed by atoms with E-state index >= 15 is 0 Å². The number of hydrogen-bond acceptors (Lipinski definition) is 5. The first-order valence-electron chi connectivity index (χ1n) is 7.68. The molecule has 0 radical (unpaired) electrons. The number of nitrogens with zero attached hydrogens (tertiary/aromatic N) is 2. The highest BCUT2D eigenvalue weighted by atomic mass is 16.5. The molecule has 0 aromatic heterocycles. The third-order valence-electron chi connectivity index (χ3n) is 3.37. The Bertz CT molecular complexity index is 812. The molecule has 0 heterocycles. The van der Waals surface area contributed by atoms with E-state index in [1.54, 1.807) is 18.2 Å². The Balaban J connectivity index is 1.95. The number of hydrogen-bond donors (Lipinski definition) is 0. The minimum atomic E-state index is 0.0298. The number of allylic oxidation sites excluding steroid dienone is 1. The molecule has 0 saturated carbocycles. The van der Waals surface area contributed by atoms with Crippen molar-refractivity contribution in [3.63, 3.8) is 0 Å². The number of ether oxygens (including phenoxy) is 3. The summed E-state index contributed by atoms with van der Waals surface area (Å²) in [6.07, 6.45) is 1.49. The van der Waals surface area contributed by atoms with Gasteiger partial charge in [-0.1, -0.05) is 23.8 Å². The quantitative estimate of drug-likeness (QED) is 0.567. The van der Waals surface area contributed by atoms with Crippen molar-refractivity contribution in [3.8, 4) is 29.4 Å². The Hall–Kier alpha value is -3.44. The van der Waals surface area contributed by atoms with Crippen LogP contribution < -0.4 is 14.2 Å². The molecule has 0 spiro atoms. The van der Waals surface area contributed by atoms with Crippen molar-refractivity contribution in [2.75, 3.05) is 20.3 Å². The summed E-state index contributed by atoms with van der Waals surface area (Å²) in [5, 5.41) is 17.6. The molecule has 0 N–H and O–H groups in total. The van der Waals surface area contributed by atoms with Crippen molar-refractivity contribution < 1.29 is 14.2 Å². The molecule has 5 nitrogen and oxygen atoms in total. The molecule has 0 amide bonds. The number of rotatable bonds is 7. The largest absolute Gasteiger partial charge is 0.493 e. The molecule has 0 unspecified atom stereocenters. The van der Waals surface area contributed by atoms with Crippen LogP contribution in [0.25, 0.3) is 6.08 Å². The number of benzene rings is 2. The molecule has 0 fully saturated rings. The van der Waals surface area contributed by atoms with Crippen molar-refractivity contribution in [3.05, 3.63) is 59.2 Å². The lowest BCUT2D eigenvalue weighted by Crippen LogP contribution is -2.09. The Morgan fingerprint density at radius 3 is 2.28 bits per heavy atom. The van der Waals surface area contributed by atoms with Gasteiger partial charge in [0.2, 0.25) is 0 Å². The van der Waals surface area contributed by atoms with Crippen LogP contribution in [0, 0.1) is 29.6 Å². The molecule has 0 saturated heterocycles. The molecule has 2 aromatic rings. The zero-order chi connectivity index (χ0) is 18.1. The number of aryl methyl sites for hydroxylation is 1. The number of methoxy groups -OCH3 is 1. The van der Waals surface area contributed by atoms with Gasteiger partial charge in [0.05, 0.1) is 7.11 Å². The van der Waals surface area contributed by atoms with Crippen LogP contribution in [0.15, 0.2) is 48.0 Å². The highest BCUT2D eigenvalue weighted by Crippen LogP contribution is 2.29. The highest BCUT2D eigenvalue weighted by molar-refractivity contribution is 5.64. The van der Waals surface area contributed by atoms with Gasteiger partial charge in [0.15, 0.2) is 11.5 Å². The van der Waals surface area contributed by atoms with Crippen LogP contribution in [0.2, 0.25) is 0 Å². The lowest BCUT2D eigenvalue weighted by Gasteiger charge is -2.12. The summed E-state index contributed by atoms with van der Waals surface area (Å²) in [5.74, 6) is 1.89. The monoisotopic (exact) mass is 334 g/mol. The van der Waals surface area contributed by atoms with Gasteiger partial charge in [-0.15, -0.1) is 0 Å². The zero-order valence-corrected chi connectivity index (χ0v) is 14.2. The second-order valence-electron chi connectivity index (χ2n) is 5.20. The van der Waals surface area contributed by atoms with E-state index in [4.69, 9.17) is 24.7 Å². The third-order valence-corrected chi connectivity index (χ3v) is 3.37. The van der Waals surface area contributed by atoms with Crippen molar-refractivity contribution >= 4 is 6.08 Å². The Morgan fingerprint density at radius 1 is 0.960 bits per heavy atom. The maximum absolute atomic E-state index is 8.81. The van der Waals surface area contributed by atoms with E-state index in [0.29, 0.717) is 30.3 Å². The van der Waals surface area contributed by atoms with Crippen molar-refractivity contribution in [2.24, 2.45) is 0 Å². The molecule has 25 heavy (non-hydrogen) atoms. The minimum absolute atomic E-state index is 0.0298. The first-order valence-corrected chi connectivity index (χ1v) is 7.68. The topological polar surface area (TPSA) is 75.3 Å². The van der Waals surface area contributed by atoms with E-state index in [9.17, 15) is 0 Å². The van der Waals surface area contributed by atoms with Crippen LogP contribution in [-0.2, 0) is 0 Å². The molecule has 2 aromatic carbocycles. The van der Waals surface area contributed by atoms with Crippen molar-refractivity contribution in [1.82, 2.24) is 0 Å². The summed E-state index contributed by atoms with van der Waals surface area (Å²) in [5.41, 5.74) is 1.90. The Kier molecular flexibility index (Phi) is 6.45. The smallest absolute Gasteiger partial charge is 0.161 e. The van der Waals surface area contributed by atoms with Gasteiger partial charge in [0, 0.05) is 0 Å². The molecular weight excluding hydrogens is 316 g/mol. The van der Waals surface area contributed by atoms with E-state index in [1.807, 2.05) is 43.3 Å². The molecule has 126 valence electrons. The summed E-state index contributed by atoms with van der Waals surface area (Å²) in [6, 6.07) is 16.7. The fraction of sp³-hybridized carbons (Fsp3) is 0.200. The zero-order valence-electron chi connectivity index (χ0n) is 14.2. The first-order chi connectivity index (χ1) is 12.2. The summed E-state index contributed by atoms with van der Waals surface area (Å²) >= 11 is 0. The average molecular weight is 334 g/mol. The number of nitriles is 2. The average Bonchev–Trinajstić information content (AvgIpc) is 2.65. The van der Waals surface area contributed by atoms with Gasteiger partial charge in [0.1, 0.15) is 36.7 Å². The van der Waals surface area contributed by atoms with Gasteiger partial charge in [0.25, 0.3) is 0 Å². The summed E-state index contributed by atoms with van der Waals surface area (Å²) in [6.45, 7) is 2.79. The van der Waals surface area contributed by atoms with Gasteiger partial charge in [-0.3, -0.25) is 0 Å². The Labute approximate surface area is 147 Å². The Morgan fingerprint density at radius 2 is 1.64 bits per heavy atom. The van der Waals surface area contributed by atoms with Crippen LogP contribution in [0.4, 0.5) is 0 Å². The van der Waals surface area contributed by atoms with E-state index in [0.717, 1.165) is 5.75 Å². The highest BCUT2D eigenvalue weighted by Gasteiger charge is 2.06. The van der Waals surface area contributed by atoms with E-state index in [2.05, 4.69) is 0 Å². The molecule has 2 rings (SSSR count). The van der Waals surface area contributed by atoms with Crippen LogP contribution >= 0.6 is 0 Å². The fourth-order valence-electron chi connectivity index (χ4n) is 2.10. The van der Waals surface area contributed by atoms with E-state index < -0.39 is 0 Å². The van der Waals surface area contributed by atoms with Gasteiger partial charge in [-0.2, -0.15) is 10.5 Å². The molecule has 0 bridgehead atoms. The molecule has 0 aliphatic rings. The maximum atomic E-state index is 8.81. The third kappa shape index (κ3) is 5.30. The van der Waals surface area contributed by atoms with Gasteiger partial charge < -0.3 is 14.2 Å². The van der Waals surface area contributed by atoms with Crippen LogP contribution in [0.5, 0.6) is 17.2 Å². The van der Waals surface area contributed by atoms with E-state index in [1.165, 1.54) is 18.7 Å². The van der Waals surface area contributed by atoms with Gasteiger partial charge >= 0.3 is 0 Å². The lowest BCUT2D eigenvalue weighted by atomic mass is 10.1. The van der Waals surface area contributed by atoms with Gasteiger partial charge in [-0.25, -0.2) is 0 Å². The summed E-state index contributed by atoms with van der Waals surface area (Å²) < 4.78 is 16.6. The molecule has 0 aliphatic heterocycles. The summed E-state index contributed by atoms with van der Waals surface area (Å²) in [7, 11) is 1.54. The SMILES string of the molecule is COc1cc(C=C(C#N)C#N)ccc1OCCOc1ccc(C)cc1. The molecule has 5 heteroatoms. The minimum Gasteiger partial charge on any atom is -0.493 e. The predicted molar refractivity (Wildman–Crippen MR) is 94.4 cm³/mol. The van der Waals surface area contributed by atoms with Crippen molar-refractivity contribution in [2.45, 2.75) is 6.92 Å². The maximum Gasteiger partial charge on any atom is 0.161 e. The fourth-order valence-corrected chi connectivity index (χ4v) is 2.10. The second kappa shape index (κ2) is 9.00. The second-order valence-corrected chi connectivity index (χ2v) is 5.20. The molecule has 0 atom stereocenters. The molecular formula is C20H18N2O3. The van der Waals surface area contributed by atoms with Gasteiger partial charge in [-0.05, 0) is 42.8 Å². The summed E-state index contributed by atoms with van der Waals surface area (Å²) in [4.78, 5) is 0. The standard InChI is InChI=1S/C20H18N2O3/c1-15-3-6-18(7-4-15)24-9-10-25-19-8-5-16(12-20(19)23-2)11-17(13-21)14-22/h3-8,11-12H,9-10H2,1-2H3. The predicted octanol–water partition coefficient (Wildman–Crippen LogP) is 3.89. The van der Waals surface area contributed by atoms with Crippen LogP contribution in [0.3, 0.4) is 0 Å². The lowest BCUT2D eigenvalue weighted by molar-refractivity contribution is 0.211. The van der Waals surface area contributed by atoms with Crippen molar-refractivity contribution in [1.29, 1.82) is 10.5 Å².